The average molecular weight is 380 g/mol. The summed E-state index contributed by atoms with van der Waals surface area (Å²) in [6.07, 6.45) is 3.36. The second kappa shape index (κ2) is 8.76. The molecule has 0 radical (unpaired) electrons. The van der Waals surface area contributed by atoms with E-state index >= 15 is 0 Å². The molecule has 1 amide bonds. The van der Waals surface area contributed by atoms with Gasteiger partial charge in [-0.15, -0.1) is 0 Å². The van der Waals surface area contributed by atoms with Crippen molar-refractivity contribution in [1.29, 1.82) is 0 Å². The Labute approximate surface area is 166 Å². The molecule has 1 atom stereocenters. The molecule has 1 saturated heterocycles. The highest BCUT2D eigenvalue weighted by Gasteiger charge is 2.23. The number of amides is 1. The second-order valence-electron chi connectivity index (χ2n) is 7.61. The van der Waals surface area contributed by atoms with Gasteiger partial charge in [-0.25, -0.2) is 0 Å². The first-order valence-electron chi connectivity index (χ1n) is 10.1. The Morgan fingerprint density at radius 3 is 2.61 bits per heavy atom. The fourth-order valence-corrected chi connectivity index (χ4v) is 4.06. The molecule has 2 aromatic carbocycles. The maximum Gasteiger partial charge on any atom is 0.251 e. The zero-order valence-corrected chi connectivity index (χ0v) is 16.4. The number of piperidine rings is 1. The Morgan fingerprint density at radius 2 is 1.86 bits per heavy atom. The maximum atomic E-state index is 12.7. The van der Waals surface area contributed by atoms with E-state index in [2.05, 4.69) is 22.3 Å². The Hall–Kier alpha value is -2.37. The summed E-state index contributed by atoms with van der Waals surface area (Å²) in [6.45, 7) is 3.67. The van der Waals surface area contributed by atoms with E-state index in [4.69, 9.17) is 9.47 Å². The average Bonchev–Trinajstić information content (AvgIpc) is 2.75. The SMILES string of the molecule is COC1CCN(Cc2ccc(C(=O)N[C@@H]3CCOc4ccccc43)cc2)CC1. The van der Waals surface area contributed by atoms with Crippen molar-refractivity contribution in [2.24, 2.45) is 0 Å². The van der Waals surface area contributed by atoms with Crippen LogP contribution in [-0.2, 0) is 11.3 Å². The number of hydrogen-bond donors (Lipinski definition) is 1. The van der Waals surface area contributed by atoms with Crippen LogP contribution >= 0.6 is 0 Å². The van der Waals surface area contributed by atoms with Crippen LogP contribution in [0.1, 0.15) is 46.8 Å². The summed E-state index contributed by atoms with van der Waals surface area (Å²) in [5.41, 5.74) is 2.99. The number of likely N-dealkylation sites (tertiary alicyclic amines) is 1. The molecule has 5 heteroatoms. The molecule has 4 rings (SSSR count). The molecule has 5 nitrogen and oxygen atoms in total. The van der Waals surface area contributed by atoms with E-state index in [0.29, 0.717) is 18.3 Å². The summed E-state index contributed by atoms with van der Waals surface area (Å²) in [6, 6.07) is 15.9. The van der Waals surface area contributed by atoms with Crippen LogP contribution < -0.4 is 10.1 Å². The fraction of sp³-hybridized carbons (Fsp3) is 0.435. The van der Waals surface area contributed by atoms with Gasteiger partial charge in [0.15, 0.2) is 0 Å². The van der Waals surface area contributed by atoms with Crippen LogP contribution in [0, 0.1) is 0 Å². The van der Waals surface area contributed by atoms with Crippen LogP contribution in [0.25, 0.3) is 0 Å². The number of carbonyl (C=O) groups is 1. The molecule has 2 aliphatic rings. The third kappa shape index (κ3) is 4.37. The van der Waals surface area contributed by atoms with Gasteiger partial charge in [-0.05, 0) is 36.6 Å². The third-order valence-corrected chi connectivity index (χ3v) is 5.75. The molecule has 0 saturated carbocycles. The molecule has 1 fully saturated rings. The van der Waals surface area contributed by atoms with Gasteiger partial charge in [0.1, 0.15) is 5.75 Å². The number of methoxy groups -OCH3 is 1. The molecule has 0 spiro atoms. The lowest BCUT2D eigenvalue weighted by atomic mass is 10.00. The van der Waals surface area contributed by atoms with Crippen molar-refractivity contribution in [2.45, 2.75) is 38.0 Å². The highest BCUT2D eigenvalue weighted by molar-refractivity contribution is 5.94. The van der Waals surface area contributed by atoms with Gasteiger partial charge in [-0.3, -0.25) is 9.69 Å². The zero-order chi connectivity index (χ0) is 19.3. The molecule has 2 heterocycles. The van der Waals surface area contributed by atoms with Crippen LogP contribution in [-0.4, -0.2) is 43.7 Å². The number of nitrogens with zero attached hydrogens (tertiary/aromatic N) is 1. The lowest BCUT2D eigenvalue weighted by Crippen LogP contribution is -2.36. The molecular formula is C23H28N2O3. The van der Waals surface area contributed by atoms with Crippen LogP contribution in [0.2, 0.25) is 0 Å². The zero-order valence-electron chi connectivity index (χ0n) is 16.4. The largest absolute Gasteiger partial charge is 0.493 e. The topological polar surface area (TPSA) is 50.8 Å². The van der Waals surface area contributed by atoms with Crippen LogP contribution in [0.3, 0.4) is 0 Å². The van der Waals surface area contributed by atoms with E-state index in [1.807, 2.05) is 36.4 Å². The number of rotatable bonds is 5. The standard InChI is InChI=1S/C23H28N2O3/c1-27-19-10-13-25(14-11-19)16-17-6-8-18(9-7-17)23(26)24-21-12-15-28-22-5-3-2-4-20(21)22/h2-9,19,21H,10-16H2,1H3,(H,24,26)/t21-/m1/s1. The predicted molar refractivity (Wildman–Crippen MR) is 109 cm³/mol. The van der Waals surface area contributed by atoms with Crippen LogP contribution in [0.4, 0.5) is 0 Å². The van der Waals surface area contributed by atoms with E-state index in [1.54, 1.807) is 7.11 Å². The molecule has 0 bridgehead atoms. The first kappa shape index (κ1) is 19.0. The minimum absolute atomic E-state index is 0.000734. The number of fused-ring (bicyclic) bond motifs is 1. The highest BCUT2D eigenvalue weighted by atomic mass is 16.5. The monoisotopic (exact) mass is 380 g/mol. The minimum atomic E-state index is -0.0332. The molecule has 2 aliphatic heterocycles. The van der Waals surface area contributed by atoms with Crippen molar-refractivity contribution in [2.75, 3.05) is 26.8 Å². The van der Waals surface area contributed by atoms with E-state index in [9.17, 15) is 4.79 Å². The summed E-state index contributed by atoms with van der Waals surface area (Å²) >= 11 is 0. The first-order chi connectivity index (χ1) is 13.7. The molecular weight excluding hydrogens is 352 g/mol. The van der Waals surface area contributed by atoms with Gasteiger partial charge < -0.3 is 14.8 Å². The number of carbonyl (C=O) groups excluding carboxylic acids is 1. The fourth-order valence-electron chi connectivity index (χ4n) is 4.06. The Balaban J connectivity index is 1.35. The van der Waals surface area contributed by atoms with Gasteiger partial charge in [-0.1, -0.05) is 30.3 Å². The predicted octanol–water partition coefficient (Wildman–Crippen LogP) is 3.55. The van der Waals surface area contributed by atoms with Gasteiger partial charge in [0.25, 0.3) is 5.91 Å². The van der Waals surface area contributed by atoms with Crippen LogP contribution in [0.15, 0.2) is 48.5 Å². The van der Waals surface area contributed by atoms with Crippen molar-refractivity contribution < 1.29 is 14.3 Å². The minimum Gasteiger partial charge on any atom is -0.493 e. The number of hydrogen-bond acceptors (Lipinski definition) is 4. The normalized spacial score (nSPS) is 20.2. The Morgan fingerprint density at radius 1 is 1.11 bits per heavy atom. The van der Waals surface area contributed by atoms with Gasteiger partial charge in [0.05, 0.1) is 18.8 Å². The van der Waals surface area contributed by atoms with E-state index in [1.165, 1.54) is 5.56 Å². The molecule has 2 aromatic rings. The number of nitrogens with one attached hydrogen (secondary N) is 1. The summed E-state index contributed by atoms with van der Waals surface area (Å²) in [5.74, 6) is 0.834. The van der Waals surface area contributed by atoms with Crippen molar-refractivity contribution >= 4 is 5.91 Å². The summed E-state index contributed by atoms with van der Waals surface area (Å²) in [4.78, 5) is 15.2. The summed E-state index contributed by atoms with van der Waals surface area (Å²) in [7, 11) is 1.79. The number of para-hydroxylation sites is 1. The van der Waals surface area contributed by atoms with Gasteiger partial charge >= 0.3 is 0 Å². The lowest BCUT2D eigenvalue weighted by Gasteiger charge is -2.31. The lowest BCUT2D eigenvalue weighted by molar-refractivity contribution is 0.0388. The molecule has 0 aliphatic carbocycles. The molecule has 0 aromatic heterocycles. The summed E-state index contributed by atoms with van der Waals surface area (Å²) in [5, 5.41) is 3.16. The third-order valence-electron chi connectivity index (χ3n) is 5.75. The van der Waals surface area contributed by atoms with Gasteiger partial charge in [0.2, 0.25) is 0 Å². The molecule has 1 N–H and O–H groups in total. The second-order valence-corrected chi connectivity index (χ2v) is 7.61. The van der Waals surface area contributed by atoms with E-state index < -0.39 is 0 Å². The smallest absolute Gasteiger partial charge is 0.251 e. The van der Waals surface area contributed by atoms with Gasteiger partial charge in [-0.2, -0.15) is 0 Å². The number of ether oxygens (including phenoxy) is 2. The van der Waals surface area contributed by atoms with Gasteiger partial charge in [0, 0.05) is 44.3 Å². The van der Waals surface area contributed by atoms with Crippen LogP contribution in [0.5, 0.6) is 5.75 Å². The highest BCUT2D eigenvalue weighted by Crippen LogP contribution is 2.31. The van der Waals surface area contributed by atoms with Crippen molar-refractivity contribution in [1.82, 2.24) is 10.2 Å². The molecule has 28 heavy (non-hydrogen) atoms. The maximum absolute atomic E-state index is 12.7. The molecule has 148 valence electrons. The number of benzene rings is 2. The van der Waals surface area contributed by atoms with Crippen molar-refractivity contribution in [3.8, 4) is 5.75 Å². The Bertz CT molecular complexity index is 798. The summed E-state index contributed by atoms with van der Waals surface area (Å²) < 4.78 is 11.1. The Kier molecular flexibility index (Phi) is 5.93. The first-order valence-corrected chi connectivity index (χ1v) is 10.1. The molecule has 0 unspecified atom stereocenters. The van der Waals surface area contributed by atoms with Crippen molar-refractivity contribution in [3.05, 3.63) is 65.2 Å². The quantitative estimate of drug-likeness (QED) is 0.862. The van der Waals surface area contributed by atoms with E-state index in [-0.39, 0.29) is 11.9 Å². The van der Waals surface area contributed by atoms with E-state index in [0.717, 1.165) is 50.2 Å². The van der Waals surface area contributed by atoms with Crippen molar-refractivity contribution in [3.63, 3.8) is 0 Å².